The number of carbonyl (C=O) groups is 3. The summed E-state index contributed by atoms with van der Waals surface area (Å²) in [6, 6.07) is 9.86. The van der Waals surface area contributed by atoms with Gasteiger partial charge in [-0.3, -0.25) is 24.6 Å². The minimum Gasteiger partial charge on any atom is -0.369 e. The first-order chi connectivity index (χ1) is 18.0. The number of nitrogens with zero attached hydrogens (tertiary/aromatic N) is 4. The van der Waals surface area contributed by atoms with E-state index >= 15 is 0 Å². The van der Waals surface area contributed by atoms with Crippen LogP contribution in [0.5, 0.6) is 0 Å². The number of piperidine rings is 2. The molecule has 1 unspecified atom stereocenters. The van der Waals surface area contributed by atoms with Crippen molar-refractivity contribution in [2.75, 3.05) is 55.6 Å². The van der Waals surface area contributed by atoms with Crippen molar-refractivity contribution in [3.05, 3.63) is 54.1 Å². The molecule has 4 heterocycles. The van der Waals surface area contributed by atoms with Crippen LogP contribution in [0.1, 0.15) is 36.2 Å². The molecule has 3 saturated heterocycles. The van der Waals surface area contributed by atoms with Crippen LogP contribution in [0.25, 0.3) is 0 Å². The molecule has 0 aliphatic carbocycles. The van der Waals surface area contributed by atoms with Crippen molar-refractivity contribution in [1.82, 2.24) is 20.5 Å². The van der Waals surface area contributed by atoms with E-state index in [9.17, 15) is 18.8 Å². The van der Waals surface area contributed by atoms with E-state index in [1.165, 1.54) is 6.07 Å². The quantitative estimate of drug-likeness (QED) is 0.575. The van der Waals surface area contributed by atoms with Gasteiger partial charge in [0.15, 0.2) is 0 Å². The maximum Gasteiger partial charge on any atom is 0.270 e. The van der Waals surface area contributed by atoms with Crippen LogP contribution >= 0.6 is 0 Å². The lowest BCUT2D eigenvalue weighted by Crippen LogP contribution is -2.52. The summed E-state index contributed by atoms with van der Waals surface area (Å²) in [4.78, 5) is 46.9. The Kier molecular flexibility index (Phi) is 7.64. The van der Waals surface area contributed by atoms with Crippen molar-refractivity contribution in [2.24, 2.45) is 5.92 Å². The second-order valence-corrected chi connectivity index (χ2v) is 10.0. The van der Waals surface area contributed by atoms with Crippen LogP contribution in [0.2, 0.25) is 0 Å². The molecule has 5 rings (SSSR count). The Balaban J connectivity index is 1.06. The predicted octanol–water partition coefficient (Wildman–Crippen LogP) is 1.79. The van der Waals surface area contributed by atoms with Crippen LogP contribution in [0.15, 0.2) is 42.6 Å². The lowest BCUT2D eigenvalue weighted by Gasteiger charge is -2.40. The number of hydrogen-bond acceptors (Lipinski definition) is 7. The second kappa shape index (κ2) is 11.2. The van der Waals surface area contributed by atoms with Crippen molar-refractivity contribution in [2.45, 2.75) is 31.7 Å². The fourth-order valence-corrected chi connectivity index (χ4v) is 5.39. The van der Waals surface area contributed by atoms with Gasteiger partial charge in [-0.2, -0.15) is 0 Å². The van der Waals surface area contributed by atoms with Crippen LogP contribution in [0.3, 0.4) is 0 Å². The van der Waals surface area contributed by atoms with Gasteiger partial charge in [-0.1, -0.05) is 12.1 Å². The molecule has 3 aliphatic heterocycles. The molecule has 1 atom stereocenters. The standard InChI is InChI=1S/C27H33FN6O3/c28-21-3-1-2-4-24(21)34-11-9-19(10-12-34)18-32-13-15-33(16-14-32)20-5-6-22(29-17-20)26(36)30-23-7-8-25(35)31-27(23)37/h1-6,17,19,23H,7-16,18H2,(H,30,36)(H,31,35,37). The van der Waals surface area contributed by atoms with Crippen LogP contribution in [-0.2, 0) is 9.59 Å². The number of pyridine rings is 1. The predicted molar refractivity (Wildman–Crippen MR) is 138 cm³/mol. The number of imide groups is 1. The van der Waals surface area contributed by atoms with Gasteiger partial charge >= 0.3 is 0 Å². The molecular formula is C27H33FN6O3. The van der Waals surface area contributed by atoms with E-state index in [4.69, 9.17) is 0 Å². The first-order valence-electron chi connectivity index (χ1n) is 13.0. The van der Waals surface area contributed by atoms with Crippen molar-refractivity contribution in [1.29, 1.82) is 0 Å². The number of hydrogen-bond donors (Lipinski definition) is 2. The largest absolute Gasteiger partial charge is 0.369 e. The van der Waals surface area contributed by atoms with Gasteiger partial charge in [-0.15, -0.1) is 0 Å². The maximum absolute atomic E-state index is 14.1. The van der Waals surface area contributed by atoms with Crippen LogP contribution in [-0.4, -0.2) is 79.5 Å². The Morgan fingerprint density at radius 2 is 1.73 bits per heavy atom. The van der Waals surface area contributed by atoms with E-state index in [0.29, 0.717) is 18.0 Å². The van der Waals surface area contributed by atoms with Gasteiger partial charge in [-0.25, -0.2) is 9.37 Å². The van der Waals surface area contributed by atoms with Gasteiger partial charge in [0.25, 0.3) is 5.91 Å². The lowest BCUT2D eigenvalue weighted by atomic mass is 9.95. The van der Waals surface area contributed by atoms with Crippen molar-refractivity contribution in [3.8, 4) is 0 Å². The summed E-state index contributed by atoms with van der Waals surface area (Å²) in [7, 11) is 0. The summed E-state index contributed by atoms with van der Waals surface area (Å²) in [5, 5.41) is 4.89. The van der Waals surface area contributed by atoms with Crippen molar-refractivity contribution in [3.63, 3.8) is 0 Å². The molecule has 0 spiro atoms. The number of halogens is 1. The second-order valence-electron chi connectivity index (χ2n) is 10.0. The summed E-state index contributed by atoms with van der Waals surface area (Å²) < 4.78 is 14.1. The highest BCUT2D eigenvalue weighted by Gasteiger charge is 2.29. The fraction of sp³-hybridized carbons (Fsp3) is 0.481. The topological polar surface area (TPSA) is 97.9 Å². The Morgan fingerprint density at radius 1 is 0.973 bits per heavy atom. The van der Waals surface area contributed by atoms with Gasteiger partial charge in [0.1, 0.15) is 17.6 Å². The Hall–Kier alpha value is -3.53. The van der Waals surface area contributed by atoms with Crippen LogP contribution in [0, 0.1) is 11.7 Å². The normalized spacial score (nSPS) is 21.6. The number of anilines is 2. The van der Waals surface area contributed by atoms with Gasteiger partial charge in [-0.05, 0) is 49.4 Å². The number of amides is 3. The Labute approximate surface area is 216 Å². The summed E-state index contributed by atoms with van der Waals surface area (Å²) >= 11 is 0. The van der Waals surface area contributed by atoms with Gasteiger partial charge in [0, 0.05) is 52.2 Å². The van der Waals surface area contributed by atoms with Crippen LogP contribution < -0.4 is 20.4 Å². The minimum absolute atomic E-state index is 0.144. The molecule has 9 nitrogen and oxygen atoms in total. The summed E-state index contributed by atoms with van der Waals surface area (Å²) in [5.41, 5.74) is 1.92. The number of aromatic nitrogens is 1. The highest BCUT2D eigenvalue weighted by atomic mass is 19.1. The molecule has 2 N–H and O–H groups in total. The van der Waals surface area contributed by atoms with E-state index in [-0.39, 0.29) is 23.8 Å². The molecule has 3 fully saturated rings. The molecule has 0 radical (unpaired) electrons. The molecular weight excluding hydrogens is 475 g/mol. The van der Waals surface area contributed by atoms with E-state index in [0.717, 1.165) is 64.3 Å². The number of piperazine rings is 1. The third kappa shape index (κ3) is 6.07. The van der Waals surface area contributed by atoms with E-state index in [1.54, 1.807) is 18.3 Å². The average Bonchev–Trinajstić information content (AvgIpc) is 2.92. The zero-order valence-electron chi connectivity index (χ0n) is 20.9. The fourth-order valence-electron chi connectivity index (χ4n) is 5.39. The van der Waals surface area contributed by atoms with Crippen molar-refractivity contribution < 1.29 is 18.8 Å². The molecule has 196 valence electrons. The highest BCUT2D eigenvalue weighted by Crippen LogP contribution is 2.26. The lowest BCUT2D eigenvalue weighted by molar-refractivity contribution is -0.134. The Morgan fingerprint density at radius 3 is 2.41 bits per heavy atom. The smallest absolute Gasteiger partial charge is 0.270 e. The molecule has 0 bridgehead atoms. The van der Waals surface area contributed by atoms with E-state index < -0.39 is 17.9 Å². The number of para-hydroxylation sites is 1. The number of nitrogens with one attached hydrogen (secondary N) is 2. The SMILES string of the molecule is O=C1CCC(NC(=O)c2ccc(N3CCN(CC4CCN(c5ccccc5F)CC4)CC3)cn2)C(=O)N1. The molecule has 37 heavy (non-hydrogen) atoms. The third-order valence-corrected chi connectivity index (χ3v) is 7.59. The molecule has 1 aromatic carbocycles. The average molecular weight is 509 g/mol. The monoisotopic (exact) mass is 508 g/mol. The summed E-state index contributed by atoms with van der Waals surface area (Å²) in [5.74, 6) is -0.738. The molecule has 1 aromatic heterocycles. The number of rotatable bonds is 6. The van der Waals surface area contributed by atoms with Gasteiger partial charge < -0.3 is 15.1 Å². The minimum atomic E-state index is -0.716. The van der Waals surface area contributed by atoms with Gasteiger partial charge in [0.2, 0.25) is 11.8 Å². The zero-order valence-corrected chi connectivity index (χ0v) is 20.9. The molecule has 2 aromatic rings. The summed E-state index contributed by atoms with van der Waals surface area (Å²) in [6.07, 6.45) is 4.35. The molecule has 3 aliphatic rings. The van der Waals surface area contributed by atoms with Crippen LogP contribution in [0.4, 0.5) is 15.8 Å². The first kappa shape index (κ1) is 25.1. The van der Waals surface area contributed by atoms with Crippen molar-refractivity contribution >= 4 is 29.1 Å². The summed E-state index contributed by atoms with van der Waals surface area (Å²) in [6.45, 7) is 6.55. The molecule has 0 saturated carbocycles. The third-order valence-electron chi connectivity index (χ3n) is 7.59. The number of carbonyl (C=O) groups excluding carboxylic acids is 3. The molecule has 10 heteroatoms. The zero-order chi connectivity index (χ0) is 25.8. The Bertz CT molecular complexity index is 1130. The van der Waals surface area contributed by atoms with Gasteiger partial charge in [0.05, 0.1) is 17.6 Å². The first-order valence-corrected chi connectivity index (χ1v) is 13.0. The van der Waals surface area contributed by atoms with E-state index in [1.807, 2.05) is 18.2 Å². The van der Waals surface area contributed by atoms with E-state index in [2.05, 4.69) is 30.3 Å². The maximum atomic E-state index is 14.1. The molecule has 3 amide bonds. The highest BCUT2D eigenvalue weighted by molar-refractivity contribution is 6.03. The number of benzene rings is 1.